The summed E-state index contributed by atoms with van der Waals surface area (Å²) < 4.78 is 14.8. The Morgan fingerprint density at radius 2 is 1.48 bits per heavy atom. The van der Waals surface area contributed by atoms with E-state index in [-0.39, 0.29) is 0 Å². The Labute approximate surface area is 322 Å². The standard InChI is InChI=1S/C40H43N2O2S6/c1-7-45-35-23-31-33(25-37(35)47-9-3)49-39(41(31)15-17-43-5)21-27-11-13-29-14-12-28(20-30(29)19-27)22-40-42(16-18-44-6)32-24-36(46-8-2)38(48-10-4)26-34(32)50-40/h7-10,19-26,29H,1-4,11-18H2,5-6H3/q+1. The molecule has 3 aliphatic rings. The topological polar surface area (TPSA) is 25.6 Å². The van der Waals surface area contributed by atoms with Gasteiger partial charge in [-0.1, -0.05) is 109 Å². The number of methoxy groups -OCH3 is 2. The fourth-order valence-corrected chi connectivity index (χ4v) is 11.8. The van der Waals surface area contributed by atoms with Gasteiger partial charge in [-0.2, -0.15) is 4.57 Å². The average Bonchev–Trinajstić information content (AvgIpc) is 3.61. The van der Waals surface area contributed by atoms with Gasteiger partial charge in [-0.05, 0) is 94.2 Å². The molecule has 3 aromatic rings. The number of hydrogen-bond acceptors (Lipinski definition) is 9. The van der Waals surface area contributed by atoms with Crippen molar-refractivity contribution in [3.8, 4) is 0 Å². The van der Waals surface area contributed by atoms with Crippen LogP contribution in [-0.4, -0.2) is 34.0 Å². The number of anilines is 1. The molecule has 0 bridgehead atoms. The van der Waals surface area contributed by atoms with Crippen molar-refractivity contribution in [2.45, 2.75) is 56.7 Å². The molecule has 50 heavy (non-hydrogen) atoms. The van der Waals surface area contributed by atoms with Crippen LogP contribution in [0.3, 0.4) is 0 Å². The van der Waals surface area contributed by atoms with Crippen LogP contribution in [0, 0.1) is 5.92 Å². The number of aromatic nitrogens is 1. The smallest absolute Gasteiger partial charge is 0.263 e. The molecule has 2 heterocycles. The molecule has 260 valence electrons. The monoisotopic (exact) mass is 775 g/mol. The van der Waals surface area contributed by atoms with Crippen molar-refractivity contribution in [2.75, 3.05) is 38.9 Å². The van der Waals surface area contributed by atoms with E-state index < -0.39 is 0 Å². The molecule has 0 saturated carbocycles. The van der Waals surface area contributed by atoms with Crippen molar-refractivity contribution in [3.63, 3.8) is 0 Å². The molecule has 10 heteroatoms. The quantitative estimate of drug-likeness (QED) is 0.105. The molecule has 6 rings (SSSR count). The third-order valence-electron chi connectivity index (χ3n) is 8.83. The lowest BCUT2D eigenvalue weighted by Crippen LogP contribution is -2.37. The summed E-state index contributed by atoms with van der Waals surface area (Å²) in [6.07, 6.45) is 14.3. The number of rotatable bonds is 16. The molecular weight excluding hydrogens is 733 g/mol. The molecule has 2 aromatic carbocycles. The maximum Gasteiger partial charge on any atom is 0.263 e. The van der Waals surface area contributed by atoms with E-state index in [9.17, 15) is 0 Å². The van der Waals surface area contributed by atoms with E-state index in [4.69, 9.17) is 9.47 Å². The predicted molar refractivity (Wildman–Crippen MR) is 224 cm³/mol. The Morgan fingerprint density at radius 3 is 2.18 bits per heavy atom. The highest BCUT2D eigenvalue weighted by Crippen LogP contribution is 2.51. The van der Waals surface area contributed by atoms with Crippen LogP contribution in [0.5, 0.6) is 0 Å². The molecule has 1 atom stereocenters. The molecule has 1 aromatic heterocycles. The summed E-state index contributed by atoms with van der Waals surface area (Å²) >= 11 is 10.4. The van der Waals surface area contributed by atoms with E-state index in [2.05, 4.69) is 84.4 Å². The molecule has 0 radical (unpaired) electrons. The lowest BCUT2D eigenvalue weighted by molar-refractivity contribution is -0.670. The van der Waals surface area contributed by atoms with E-state index in [0.29, 0.717) is 19.1 Å². The van der Waals surface area contributed by atoms with E-state index in [1.165, 1.54) is 80.0 Å². The zero-order valence-electron chi connectivity index (χ0n) is 28.7. The molecule has 0 saturated heterocycles. The molecule has 1 unspecified atom stereocenters. The first kappa shape index (κ1) is 37.5. The van der Waals surface area contributed by atoms with Crippen LogP contribution in [0.2, 0.25) is 0 Å². The lowest BCUT2D eigenvalue weighted by atomic mass is 9.77. The van der Waals surface area contributed by atoms with Crippen LogP contribution >= 0.6 is 70.1 Å². The fraction of sp³-hybridized carbons (Fsp3) is 0.275. The first-order valence-corrected chi connectivity index (χ1v) is 21.7. The van der Waals surface area contributed by atoms with E-state index >= 15 is 0 Å². The third-order valence-corrected chi connectivity index (χ3v) is 14.3. The van der Waals surface area contributed by atoms with Crippen molar-refractivity contribution in [2.24, 2.45) is 5.92 Å². The van der Waals surface area contributed by atoms with Crippen molar-refractivity contribution >= 4 is 92.1 Å². The highest BCUT2D eigenvalue weighted by atomic mass is 32.2. The summed E-state index contributed by atoms with van der Waals surface area (Å²) in [4.78, 5) is 8.53. The minimum atomic E-state index is 0.615. The summed E-state index contributed by atoms with van der Waals surface area (Å²) in [6.45, 7) is 18.8. The number of hydrogen-bond donors (Lipinski definition) is 0. The fourth-order valence-electron chi connectivity index (χ4n) is 6.54. The van der Waals surface area contributed by atoms with Crippen LogP contribution in [-0.2, 0) is 16.0 Å². The molecule has 1 aliphatic heterocycles. The Hall–Kier alpha value is -2.28. The molecule has 0 amide bonds. The van der Waals surface area contributed by atoms with E-state index in [1.807, 2.05) is 44.7 Å². The van der Waals surface area contributed by atoms with Crippen molar-refractivity contribution in [3.05, 3.63) is 117 Å². The van der Waals surface area contributed by atoms with Gasteiger partial charge in [0.05, 0.1) is 17.3 Å². The molecule has 2 aliphatic carbocycles. The van der Waals surface area contributed by atoms with Crippen LogP contribution < -0.4 is 9.47 Å². The van der Waals surface area contributed by atoms with Crippen molar-refractivity contribution < 1.29 is 14.0 Å². The Morgan fingerprint density at radius 1 is 0.820 bits per heavy atom. The number of thioether (sulfide) groups is 5. The van der Waals surface area contributed by atoms with Gasteiger partial charge in [0.15, 0.2) is 6.54 Å². The number of ether oxygens (including phenoxy) is 2. The maximum absolute atomic E-state index is 5.55. The van der Waals surface area contributed by atoms with Crippen molar-refractivity contribution in [1.29, 1.82) is 0 Å². The summed E-state index contributed by atoms with van der Waals surface area (Å²) in [7, 11) is 3.55. The Kier molecular flexibility index (Phi) is 13.5. The number of thiazole rings is 1. The van der Waals surface area contributed by atoms with E-state index in [0.717, 1.165) is 25.9 Å². The first-order chi connectivity index (χ1) is 24.5. The third kappa shape index (κ3) is 8.50. The Bertz CT molecular complexity index is 1920. The van der Waals surface area contributed by atoms with Gasteiger partial charge in [-0.15, -0.1) is 0 Å². The second kappa shape index (κ2) is 18.0. The highest BCUT2D eigenvalue weighted by Gasteiger charge is 2.29. The van der Waals surface area contributed by atoms with Gasteiger partial charge in [0.1, 0.15) is 11.3 Å². The van der Waals surface area contributed by atoms with Gasteiger partial charge < -0.3 is 14.4 Å². The summed E-state index contributed by atoms with van der Waals surface area (Å²) in [5, 5.41) is 10.1. The van der Waals surface area contributed by atoms with Crippen LogP contribution in [0.1, 0.15) is 30.7 Å². The normalized spacial score (nSPS) is 18.6. The van der Waals surface area contributed by atoms with Crippen LogP contribution in [0.25, 0.3) is 16.3 Å². The number of fused-ring (bicyclic) bond motifs is 3. The summed E-state index contributed by atoms with van der Waals surface area (Å²) in [5.74, 6) is 0.615. The number of allylic oxidation sites excluding steroid dienone is 6. The van der Waals surface area contributed by atoms with E-state index in [1.54, 1.807) is 61.3 Å². The summed E-state index contributed by atoms with van der Waals surface area (Å²) in [5.41, 5.74) is 6.72. The second-order valence-corrected chi connectivity index (χ2v) is 18.0. The molecule has 0 spiro atoms. The molecular formula is C40H43N2O2S6+. The SMILES string of the molecule is C=CSc1cc2c(cc1SC=C)N(CCOC)/C(=C/C1=CC3=C/C(=C/c4sc5cc(SC=C)c(SC=C)cc5[n+]4CCOC)CCC3CC1)S2. The zero-order valence-corrected chi connectivity index (χ0v) is 33.6. The first-order valence-electron chi connectivity index (χ1n) is 16.6. The average molecular weight is 776 g/mol. The van der Waals surface area contributed by atoms with Gasteiger partial charge in [0.2, 0.25) is 5.52 Å². The zero-order chi connectivity index (χ0) is 35.0. The van der Waals surface area contributed by atoms with Gasteiger partial charge in [0.25, 0.3) is 5.01 Å². The van der Waals surface area contributed by atoms with Gasteiger partial charge in [-0.3, -0.25) is 0 Å². The number of benzene rings is 2. The lowest BCUT2D eigenvalue weighted by Gasteiger charge is -2.28. The van der Waals surface area contributed by atoms with Gasteiger partial charge in [-0.25, -0.2) is 0 Å². The second-order valence-electron chi connectivity index (χ2n) is 11.8. The predicted octanol–water partition coefficient (Wildman–Crippen LogP) is 12.3. The minimum Gasteiger partial charge on any atom is -0.383 e. The van der Waals surface area contributed by atoms with Crippen LogP contribution in [0.15, 0.2) is 137 Å². The van der Waals surface area contributed by atoms with Gasteiger partial charge in [0, 0.05) is 57.4 Å². The Balaban J connectivity index is 1.33. The highest BCUT2D eigenvalue weighted by molar-refractivity contribution is 8.05. The molecule has 0 N–H and O–H groups in total. The summed E-state index contributed by atoms with van der Waals surface area (Å²) in [6, 6.07) is 9.20. The number of nitrogens with zero attached hydrogens (tertiary/aromatic N) is 2. The molecule has 4 nitrogen and oxygen atoms in total. The largest absolute Gasteiger partial charge is 0.383 e. The minimum absolute atomic E-state index is 0.615. The van der Waals surface area contributed by atoms with Crippen LogP contribution in [0.4, 0.5) is 5.69 Å². The van der Waals surface area contributed by atoms with Gasteiger partial charge >= 0.3 is 0 Å². The van der Waals surface area contributed by atoms with Crippen molar-refractivity contribution in [1.82, 2.24) is 0 Å². The maximum atomic E-state index is 5.55. The molecule has 0 fully saturated rings.